The van der Waals surface area contributed by atoms with Crippen LogP contribution in [0.25, 0.3) is 0 Å². The van der Waals surface area contributed by atoms with E-state index in [0.717, 1.165) is 29.7 Å². The SMILES string of the molecule is Cc1ccc(C(=O)NCCn2nc(C3CC3)ccc2=O)cc1C. The van der Waals surface area contributed by atoms with Crippen molar-refractivity contribution in [1.82, 2.24) is 15.1 Å². The maximum Gasteiger partial charge on any atom is 0.266 e. The number of carbonyl (C=O) groups excluding carboxylic acids is 1. The lowest BCUT2D eigenvalue weighted by Gasteiger charge is -2.09. The molecule has 1 saturated carbocycles. The largest absolute Gasteiger partial charge is 0.350 e. The van der Waals surface area contributed by atoms with Crippen molar-refractivity contribution < 1.29 is 4.79 Å². The van der Waals surface area contributed by atoms with E-state index in [1.165, 1.54) is 4.68 Å². The van der Waals surface area contributed by atoms with Crippen LogP contribution >= 0.6 is 0 Å². The Morgan fingerprint density at radius 1 is 1.22 bits per heavy atom. The maximum atomic E-state index is 12.1. The monoisotopic (exact) mass is 311 g/mol. The summed E-state index contributed by atoms with van der Waals surface area (Å²) in [5.41, 5.74) is 3.74. The van der Waals surface area contributed by atoms with Crippen molar-refractivity contribution in [3.8, 4) is 0 Å². The molecule has 1 heterocycles. The van der Waals surface area contributed by atoms with Gasteiger partial charge in [-0.15, -0.1) is 0 Å². The molecule has 1 N–H and O–H groups in total. The Labute approximate surface area is 135 Å². The lowest BCUT2D eigenvalue weighted by Crippen LogP contribution is -2.32. The fourth-order valence-corrected chi connectivity index (χ4v) is 2.48. The highest BCUT2D eigenvalue weighted by molar-refractivity contribution is 5.94. The zero-order valence-corrected chi connectivity index (χ0v) is 13.5. The predicted molar refractivity (Wildman–Crippen MR) is 88.7 cm³/mol. The Morgan fingerprint density at radius 2 is 2.00 bits per heavy atom. The molecule has 3 rings (SSSR count). The van der Waals surface area contributed by atoms with Gasteiger partial charge in [-0.1, -0.05) is 6.07 Å². The van der Waals surface area contributed by atoms with Crippen molar-refractivity contribution in [2.45, 2.75) is 39.2 Å². The first-order valence-electron chi connectivity index (χ1n) is 7.98. The molecule has 5 nitrogen and oxygen atoms in total. The van der Waals surface area contributed by atoms with E-state index in [9.17, 15) is 9.59 Å². The third-order valence-electron chi connectivity index (χ3n) is 4.26. The molecule has 0 unspecified atom stereocenters. The first kappa shape index (κ1) is 15.5. The van der Waals surface area contributed by atoms with Crippen LogP contribution < -0.4 is 10.9 Å². The number of hydrogen-bond donors (Lipinski definition) is 1. The van der Waals surface area contributed by atoms with E-state index >= 15 is 0 Å². The first-order chi connectivity index (χ1) is 11.0. The quantitative estimate of drug-likeness (QED) is 0.920. The summed E-state index contributed by atoms with van der Waals surface area (Å²) >= 11 is 0. The summed E-state index contributed by atoms with van der Waals surface area (Å²) in [5.74, 6) is 0.381. The van der Waals surface area contributed by atoms with Gasteiger partial charge in [0.2, 0.25) is 0 Å². The molecule has 0 saturated heterocycles. The van der Waals surface area contributed by atoms with Crippen molar-refractivity contribution >= 4 is 5.91 Å². The Kier molecular flexibility index (Phi) is 4.28. The lowest BCUT2D eigenvalue weighted by atomic mass is 10.1. The minimum atomic E-state index is -0.130. The summed E-state index contributed by atoms with van der Waals surface area (Å²) in [7, 11) is 0. The molecule has 120 valence electrons. The van der Waals surface area contributed by atoms with Crippen LogP contribution in [0.2, 0.25) is 0 Å². The second-order valence-electron chi connectivity index (χ2n) is 6.15. The van der Waals surface area contributed by atoms with Crippen molar-refractivity contribution in [3.63, 3.8) is 0 Å². The number of aromatic nitrogens is 2. The highest BCUT2D eigenvalue weighted by Crippen LogP contribution is 2.38. The first-order valence-corrected chi connectivity index (χ1v) is 7.98. The molecular formula is C18H21N3O2. The topological polar surface area (TPSA) is 64.0 Å². The number of carbonyl (C=O) groups is 1. The molecule has 1 fully saturated rings. The summed E-state index contributed by atoms with van der Waals surface area (Å²) in [6.07, 6.45) is 2.30. The molecule has 0 atom stereocenters. The number of hydrogen-bond acceptors (Lipinski definition) is 3. The minimum Gasteiger partial charge on any atom is -0.350 e. The van der Waals surface area contributed by atoms with E-state index in [0.29, 0.717) is 24.6 Å². The van der Waals surface area contributed by atoms with Gasteiger partial charge >= 0.3 is 0 Å². The van der Waals surface area contributed by atoms with Crippen molar-refractivity contribution in [3.05, 3.63) is 63.1 Å². The maximum absolute atomic E-state index is 12.1. The van der Waals surface area contributed by atoms with Gasteiger partial charge in [0.1, 0.15) is 0 Å². The number of nitrogens with one attached hydrogen (secondary N) is 1. The average molecular weight is 311 g/mol. The van der Waals surface area contributed by atoms with Gasteiger partial charge in [0.15, 0.2) is 0 Å². The van der Waals surface area contributed by atoms with Crippen LogP contribution in [-0.2, 0) is 6.54 Å². The number of benzene rings is 1. The van der Waals surface area contributed by atoms with Gasteiger partial charge in [0.05, 0.1) is 12.2 Å². The molecule has 1 aliphatic rings. The number of amides is 1. The van der Waals surface area contributed by atoms with Gasteiger partial charge in [-0.25, -0.2) is 4.68 Å². The Morgan fingerprint density at radius 3 is 2.70 bits per heavy atom. The number of nitrogens with zero attached hydrogens (tertiary/aromatic N) is 2. The fourth-order valence-electron chi connectivity index (χ4n) is 2.48. The van der Waals surface area contributed by atoms with E-state index in [1.54, 1.807) is 6.07 Å². The number of rotatable bonds is 5. The van der Waals surface area contributed by atoms with Gasteiger partial charge in [-0.2, -0.15) is 5.10 Å². The number of aryl methyl sites for hydroxylation is 2. The molecule has 0 spiro atoms. The van der Waals surface area contributed by atoms with E-state index in [-0.39, 0.29) is 11.5 Å². The molecular weight excluding hydrogens is 290 g/mol. The predicted octanol–water partition coefficient (Wildman–Crippen LogP) is 2.17. The highest BCUT2D eigenvalue weighted by atomic mass is 16.1. The Bertz CT molecular complexity index is 791. The van der Waals surface area contributed by atoms with E-state index in [4.69, 9.17) is 0 Å². The standard InChI is InChI=1S/C18H21N3O2/c1-12-3-4-15(11-13(12)2)18(23)19-9-10-21-17(22)8-7-16(20-21)14-5-6-14/h3-4,7-8,11,14H,5-6,9-10H2,1-2H3,(H,19,23). The summed E-state index contributed by atoms with van der Waals surface area (Å²) in [6, 6.07) is 9.00. The Balaban J connectivity index is 1.60. The zero-order valence-electron chi connectivity index (χ0n) is 13.5. The zero-order chi connectivity index (χ0) is 16.4. The Hall–Kier alpha value is -2.43. The summed E-state index contributed by atoms with van der Waals surface area (Å²) in [5, 5.41) is 7.23. The molecule has 0 radical (unpaired) electrons. The molecule has 2 aromatic rings. The molecule has 1 aromatic heterocycles. The van der Waals surface area contributed by atoms with E-state index < -0.39 is 0 Å². The molecule has 1 aromatic carbocycles. The second-order valence-corrected chi connectivity index (χ2v) is 6.15. The summed E-state index contributed by atoms with van der Waals surface area (Å²) in [4.78, 5) is 24.0. The van der Waals surface area contributed by atoms with Crippen LogP contribution in [0.3, 0.4) is 0 Å². The van der Waals surface area contributed by atoms with E-state index in [1.807, 2.05) is 38.1 Å². The van der Waals surface area contributed by atoms with Crippen LogP contribution in [0.1, 0.15) is 45.9 Å². The van der Waals surface area contributed by atoms with Crippen molar-refractivity contribution in [2.24, 2.45) is 0 Å². The van der Waals surface area contributed by atoms with Gasteiger partial charge in [0, 0.05) is 24.1 Å². The van der Waals surface area contributed by atoms with Gasteiger partial charge in [-0.3, -0.25) is 9.59 Å². The van der Waals surface area contributed by atoms with Crippen LogP contribution in [0, 0.1) is 13.8 Å². The average Bonchev–Trinajstić information content (AvgIpc) is 3.36. The summed E-state index contributed by atoms with van der Waals surface area (Å²) in [6.45, 7) is 4.77. The third-order valence-corrected chi connectivity index (χ3v) is 4.26. The molecule has 1 aliphatic carbocycles. The van der Waals surface area contributed by atoms with Gasteiger partial charge in [-0.05, 0) is 56.0 Å². The molecule has 0 bridgehead atoms. The van der Waals surface area contributed by atoms with Crippen LogP contribution in [0.15, 0.2) is 35.1 Å². The van der Waals surface area contributed by atoms with Gasteiger partial charge < -0.3 is 5.32 Å². The smallest absolute Gasteiger partial charge is 0.266 e. The molecule has 5 heteroatoms. The molecule has 1 amide bonds. The van der Waals surface area contributed by atoms with Crippen LogP contribution in [0.4, 0.5) is 0 Å². The lowest BCUT2D eigenvalue weighted by molar-refractivity contribution is 0.0951. The third kappa shape index (κ3) is 3.67. The minimum absolute atomic E-state index is 0.125. The van der Waals surface area contributed by atoms with Crippen molar-refractivity contribution in [1.29, 1.82) is 0 Å². The van der Waals surface area contributed by atoms with Crippen LogP contribution in [-0.4, -0.2) is 22.2 Å². The molecule has 23 heavy (non-hydrogen) atoms. The highest BCUT2D eigenvalue weighted by Gasteiger charge is 2.25. The van der Waals surface area contributed by atoms with E-state index in [2.05, 4.69) is 10.4 Å². The normalized spacial score (nSPS) is 13.8. The second kappa shape index (κ2) is 6.36. The van der Waals surface area contributed by atoms with Crippen LogP contribution in [0.5, 0.6) is 0 Å². The summed E-state index contributed by atoms with van der Waals surface area (Å²) < 4.78 is 1.44. The molecule has 0 aliphatic heterocycles. The van der Waals surface area contributed by atoms with Gasteiger partial charge in [0.25, 0.3) is 11.5 Å². The van der Waals surface area contributed by atoms with Crippen molar-refractivity contribution in [2.75, 3.05) is 6.54 Å². The fraction of sp³-hybridized carbons (Fsp3) is 0.389.